The van der Waals surface area contributed by atoms with Crippen LogP contribution in [-0.2, 0) is 6.54 Å². The smallest absolute Gasteiger partial charge is 0.0991 e. The molecule has 0 radical (unpaired) electrons. The lowest BCUT2D eigenvalue weighted by Crippen LogP contribution is -2.38. The van der Waals surface area contributed by atoms with Crippen molar-refractivity contribution in [2.75, 3.05) is 13.1 Å². The van der Waals surface area contributed by atoms with Crippen molar-refractivity contribution in [2.45, 2.75) is 26.8 Å². The van der Waals surface area contributed by atoms with Crippen molar-refractivity contribution < 1.29 is 0 Å². The van der Waals surface area contributed by atoms with Crippen molar-refractivity contribution >= 4 is 0 Å². The van der Waals surface area contributed by atoms with E-state index in [-0.39, 0.29) is 0 Å². The Hall–Kier alpha value is -1.33. The Balaban J connectivity index is 1.98. The molecule has 0 spiro atoms. The fraction of sp³-hybridized carbons (Fsp3) is 0.533. The summed E-state index contributed by atoms with van der Waals surface area (Å²) in [5.41, 5.74) is 2.06. The summed E-state index contributed by atoms with van der Waals surface area (Å²) in [7, 11) is 0. The van der Waals surface area contributed by atoms with Crippen LogP contribution in [-0.4, -0.2) is 18.0 Å². The second-order valence-electron chi connectivity index (χ2n) is 5.45. The minimum absolute atomic E-state index is 0.745. The van der Waals surface area contributed by atoms with Gasteiger partial charge in [0.2, 0.25) is 0 Å². The Morgan fingerprint density at radius 3 is 2.29 bits per heavy atom. The molecule has 1 fully saturated rings. The maximum atomic E-state index is 8.76. The van der Waals surface area contributed by atoms with Crippen molar-refractivity contribution in [1.82, 2.24) is 4.90 Å². The number of rotatable bonds is 2. The molecule has 0 aliphatic carbocycles. The van der Waals surface area contributed by atoms with Crippen LogP contribution < -0.4 is 0 Å². The molecule has 1 aromatic rings. The Morgan fingerprint density at radius 1 is 1.18 bits per heavy atom. The Bertz CT molecular complexity index is 392. The fourth-order valence-electron chi connectivity index (χ4n) is 2.86. The minimum atomic E-state index is 0.745. The van der Waals surface area contributed by atoms with Crippen LogP contribution in [0, 0.1) is 23.2 Å². The third-order valence-corrected chi connectivity index (χ3v) is 3.43. The summed E-state index contributed by atoms with van der Waals surface area (Å²) in [5.74, 6) is 1.61. The zero-order chi connectivity index (χ0) is 12.3. The van der Waals surface area contributed by atoms with Gasteiger partial charge >= 0.3 is 0 Å². The van der Waals surface area contributed by atoms with Crippen LogP contribution >= 0.6 is 0 Å². The molecule has 0 unspecified atom stereocenters. The van der Waals surface area contributed by atoms with Gasteiger partial charge in [-0.25, -0.2) is 0 Å². The van der Waals surface area contributed by atoms with Crippen molar-refractivity contribution in [1.29, 1.82) is 5.26 Å². The minimum Gasteiger partial charge on any atom is -0.299 e. The van der Waals surface area contributed by atoms with Gasteiger partial charge in [-0.05, 0) is 36.0 Å². The average Bonchev–Trinajstić information content (AvgIpc) is 2.28. The van der Waals surface area contributed by atoms with Gasteiger partial charge in [0.1, 0.15) is 0 Å². The molecular weight excluding hydrogens is 208 g/mol. The van der Waals surface area contributed by atoms with Gasteiger partial charge in [-0.2, -0.15) is 5.26 Å². The molecule has 2 heteroatoms. The van der Waals surface area contributed by atoms with Crippen LogP contribution in [0.5, 0.6) is 0 Å². The molecule has 0 bridgehead atoms. The number of benzene rings is 1. The molecule has 0 aromatic heterocycles. The van der Waals surface area contributed by atoms with E-state index in [1.54, 1.807) is 0 Å². The largest absolute Gasteiger partial charge is 0.299 e. The van der Waals surface area contributed by atoms with Gasteiger partial charge in [0, 0.05) is 19.6 Å². The van der Waals surface area contributed by atoms with Crippen molar-refractivity contribution in [2.24, 2.45) is 11.8 Å². The summed E-state index contributed by atoms with van der Waals surface area (Å²) in [5, 5.41) is 8.76. The predicted molar refractivity (Wildman–Crippen MR) is 69.4 cm³/mol. The number of piperidine rings is 1. The lowest BCUT2D eigenvalue weighted by molar-refractivity contribution is 0.134. The van der Waals surface area contributed by atoms with Gasteiger partial charge in [-0.3, -0.25) is 4.90 Å². The van der Waals surface area contributed by atoms with Gasteiger partial charge in [0.15, 0.2) is 0 Å². The third kappa shape index (κ3) is 3.31. The van der Waals surface area contributed by atoms with E-state index in [1.807, 2.05) is 12.1 Å². The molecule has 2 nitrogen and oxygen atoms in total. The molecule has 0 saturated carbocycles. The third-order valence-electron chi connectivity index (χ3n) is 3.43. The monoisotopic (exact) mass is 228 g/mol. The highest BCUT2D eigenvalue weighted by molar-refractivity contribution is 5.31. The summed E-state index contributed by atoms with van der Waals surface area (Å²) in [4.78, 5) is 2.53. The van der Waals surface area contributed by atoms with E-state index in [0.717, 1.165) is 23.9 Å². The highest BCUT2D eigenvalue weighted by Gasteiger charge is 2.21. The summed E-state index contributed by atoms with van der Waals surface area (Å²) in [6.07, 6.45) is 1.35. The predicted octanol–water partition coefficient (Wildman–Crippen LogP) is 3.04. The van der Waals surface area contributed by atoms with E-state index in [2.05, 4.69) is 36.9 Å². The Kier molecular flexibility index (Phi) is 3.81. The van der Waals surface area contributed by atoms with Gasteiger partial charge in [0.25, 0.3) is 0 Å². The van der Waals surface area contributed by atoms with Crippen molar-refractivity contribution in [3.8, 4) is 6.07 Å². The van der Waals surface area contributed by atoms with E-state index >= 15 is 0 Å². The number of hydrogen-bond donors (Lipinski definition) is 0. The summed E-state index contributed by atoms with van der Waals surface area (Å²) < 4.78 is 0. The zero-order valence-corrected chi connectivity index (χ0v) is 10.7. The topological polar surface area (TPSA) is 27.0 Å². The van der Waals surface area contributed by atoms with Crippen molar-refractivity contribution in [3.05, 3.63) is 35.4 Å². The first kappa shape index (κ1) is 12.1. The molecule has 1 aliphatic rings. The fourth-order valence-corrected chi connectivity index (χ4v) is 2.86. The van der Waals surface area contributed by atoms with Crippen LogP contribution in [0.15, 0.2) is 24.3 Å². The van der Waals surface area contributed by atoms with E-state index in [0.29, 0.717) is 0 Å². The van der Waals surface area contributed by atoms with E-state index in [4.69, 9.17) is 5.26 Å². The SMILES string of the molecule is C[C@@H]1C[C@@H](C)CN(Cc2ccc(C#N)cc2)C1. The Labute approximate surface area is 104 Å². The molecule has 2 atom stereocenters. The van der Waals surface area contributed by atoms with Crippen LogP contribution in [0.3, 0.4) is 0 Å². The molecule has 17 heavy (non-hydrogen) atoms. The lowest BCUT2D eigenvalue weighted by atomic mass is 9.91. The first-order valence-corrected chi connectivity index (χ1v) is 6.38. The maximum absolute atomic E-state index is 8.76. The summed E-state index contributed by atoms with van der Waals surface area (Å²) in [6.45, 7) is 8.08. The molecule has 1 saturated heterocycles. The molecule has 0 N–H and O–H groups in total. The number of nitrogens with zero attached hydrogens (tertiary/aromatic N) is 2. The standard InChI is InChI=1S/C15H20N2/c1-12-7-13(2)10-17(9-12)11-15-5-3-14(8-16)4-6-15/h3-6,12-13H,7,9-11H2,1-2H3/t12-,13-/m1/s1. The van der Waals surface area contributed by atoms with Crippen LogP contribution in [0.25, 0.3) is 0 Å². The lowest BCUT2D eigenvalue weighted by Gasteiger charge is -2.35. The zero-order valence-electron chi connectivity index (χ0n) is 10.7. The van der Waals surface area contributed by atoms with Crippen molar-refractivity contribution in [3.63, 3.8) is 0 Å². The first-order valence-electron chi connectivity index (χ1n) is 6.38. The van der Waals surface area contributed by atoms with E-state index < -0.39 is 0 Å². The second-order valence-corrected chi connectivity index (χ2v) is 5.45. The number of likely N-dealkylation sites (tertiary alicyclic amines) is 1. The van der Waals surface area contributed by atoms with Crippen LogP contribution in [0.4, 0.5) is 0 Å². The van der Waals surface area contributed by atoms with Gasteiger partial charge in [0.05, 0.1) is 11.6 Å². The normalized spacial score (nSPS) is 25.5. The molecular formula is C15H20N2. The van der Waals surface area contributed by atoms with Gasteiger partial charge in [-0.15, -0.1) is 0 Å². The van der Waals surface area contributed by atoms with E-state index in [1.165, 1.54) is 25.1 Å². The summed E-state index contributed by atoms with van der Waals surface area (Å²) in [6, 6.07) is 10.1. The highest BCUT2D eigenvalue weighted by atomic mass is 15.1. The van der Waals surface area contributed by atoms with Crippen LogP contribution in [0.2, 0.25) is 0 Å². The molecule has 2 rings (SSSR count). The number of hydrogen-bond acceptors (Lipinski definition) is 2. The van der Waals surface area contributed by atoms with Gasteiger partial charge in [-0.1, -0.05) is 26.0 Å². The van der Waals surface area contributed by atoms with Crippen LogP contribution in [0.1, 0.15) is 31.4 Å². The molecule has 90 valence electrons. The molecule has 1 aromatic carbocycles. The molecule has 1 heterocycles. The molecule has 0 amide bonds. The highest BCUT2D eigenvalue weighted by Crippen LogP contribution is 2.22. The first-order chi connectivity index (χ1) is 8.17. The maximum Gasteiger partial charge on any atom is 0.0991 e. The molecule has 1 aliphatic heterocycles. The van der Waals surface area contributed by atoms with Gasteiger partial charge < -0.3 is 0 Å². The Morgan fingerprint density at radius 2 is 1.76 bits per heavy atom. The summed E-state index contributed by atoms with van der Waals surface area (Å²) >= 11 is 0. The van der Waals surface area contributed by atoms with E-state index in [9.17, 15) is 0 Å². The number of nitriles is 1. The second kappa shape index (κ2) is 5.33. The quantitative estimate of drug-likeness (QED) is 0.778. The average molecular weight is 228 g/mol.